The molecule has 1 saturated heterocycles. The van der Waals surface area contributed by atoms with Crippen LogP contribution < -0.4 is 11.3 Å². The topological polar surface area (TPSA) is 98.1 Å². The van der Waals surface area contributed by atoms with E-state index >= 15 is 0 Å². The molecule has 1 fully saturated rings. The van der Waals surface area contributed by atoms with Gasteiger partial charge in [0, 0.05) is 0 Å². The number of nitrogens with one attached hydrogen (secondary N) is 1. The van der Waals surface area contributed by atoms with Crippen LogP contribution in [0.3, 0.4) is 0 Å². The lowest BCUT2D eigenvalue weighted by Crippen LogP contribution is -2.23. The highest BCUT2D eigenvalue weighted by atomic mass is 32.2. The van der Waals surface area contributed by atoms with Crippen molar-refractivity contribution in [2.75, 3.05) is 18.1 Å². The number of esters is 1. The number of nitrogen functional groups attached to an aromatic ring is 1. The van der Waals surface area contributed by atoms with E-state index in [1.807, 2.05) is 0 Å². The van der Waals surface area contributed by atoms with Gasteiger partial charge in [-0.1, -0.05) is 0 Å². The lowest BCUT2D eigenvalue weighted by Gasteiger charge is -2.10. The Balaban J connectivity index is 2.22. The second-order valence-corrected chi connectivity index (χ2v) is 5.61. The Bertz CT molecular complexity index is 523. The number of ether oxygens (including phenoxy) is 1. The first-order valence-corrected chi connectivity index (χ1v) is 7.32. The van der Waals surface area contributed by atoms with E-state index in [2.05, 4.69) is 9.97 Å². The van der Waals surface area contributed by atoms with Crippen LogP contribution in [0.2, 0.25) is 0 Å². The Morgan fingerprint density at radius 1 is 1.63 bits per heavy atom. The van der Waals surface area contributed by atoms with Gasteiger partial charge in [-0.15, -0.1) is 0 Å². The van der Waals surface area contributed by atoms with E-state index in [0.717, 1.165) is 18.6 Å². The summed E-state index contributed by atoms with van der Waals surface area (Å²) in [5.41, 5.74) is 5.63. The number of thioether (sulfide) groups is 1. The Labute approximate surface area is 115 Å². The number of nitrogens with two attached hydrogens (primary N) is 1. The van der Waals surface area contributed by atoms with Crippen molar-refractivity contribution < 1.29 is 9.53 Å². The number of H-pyrrole nitrogens is 1. The lowest BCUT2D eigenvalue weighted by molar-refractivity contribution is -0.142. The smallest absolute Gasteiger partial charge is 0.310 e. The van der Waals surface area contributed by atoms with Crippen molar-refractivity contribution in [3.8, 4) is 0 Å². The maximum atomic E-state index is 12.0. The molecule has 104 valence electrons. The molecule has 1 atom stereocenters. The van der Waals surface area contributed by atoms with Gasteiger partial charge in [-0.2, -0.15) is 11.8 Å². The molecule has 0 radical (unpaired) electrons. The molecular weight excluding hydrogens is 266 g/mol. The van der Waals surface area contributed by atoms with Crippen LogP contribution in [0.15, 0.2) is 4.79 Å². The summed E-state index contributed by atoms with van der Waals surface area (Å²) in [5.74, 6) is 1.33. The van der Waals surface area contributed by atoms with Crippen molar-refractivity contribution in [3.05, 3.63) is 21.7 Å². The summed E-state index contributed by atoms with van der Waals surface area (Å²) in [6, 6.07) is 0. The van der Waals surface area contributed by atoms with Crippen LogP contribution in [0.25, 0.3) is 0 Å². The Morgan fingerprint density at radius 3 is 3.00 bits per heavy atom. The second kappa shape index (κ2) is 6.10. The zero-order valence-electron chi connectivity index (χ0n) is 10.8. The number of hydrogen-bond donors (Lipinski definition) is 2. The van der Waals surface area contributed by atoms with E-state index in [4.69, 9.17) is 10.5 Å². The molecule has 0 amide bonds. The number of nitrogens with zero attached hydrogens (tertiary/aromatic N) is 1. The summed E-state index contributed by atoms with van der Waals surface area (Å²) in [6.07, 6.45) is 1.97. The Hall–Kier alpha value is -1.50. The van der Waals surface area contributed by atoms with E-state index < -0.39 is 5.97 Å². The quantitative estimate of drug-likeness (QED) is 0.801. The van der Waals surface area contributed by atoms with Crippen LogP contribution in [0.5, 0.6) is 0 Å². The van der Waals surface area contributed by atoms with Gasteiger partial charge in [0.1, 0.15) is 11.6 Å². The van der Waals surface area contributed by atoms with Crippen molar-refractivity contribution in [2.45, 2.75) is 31.4 Å². The molecule has 1 aromatic rings. The van der Waals surface area contributed by atoms with E-state index in [-0.39, 0.29) is 35.2 Å². The molecule has 2 heterocycles. The summed E-state index contributed by atoms with van der Waals surface area (Å²) in [5, 5.41) is 0.201. The summed E-state index contributed by atoms with van der Waals surface area (Å²) in [6.45, 7) is 1.99. The van der Waals surface area contributed by atoms with Gasteiger partial charge in [0.05, 0.1) is 23.8 Å². The average molecular weight is 283 g/mol. The SMILES string of the molecule is CCOC(=O)Cc1c(N)nc(C2CCCS2)[nH]c1=O. The number of carbonyl (C=O) groups excluding carboxylic acids is 1. The van der Waals surface area contributed by atoms with Gasteiger partial charge < -0.3 is 15.5 Å². The lowest BCUT2D eigenvalue weighted by atomic mass is 10.2. The zero-order valence-corrected chi connectivity index (χ0v) is 11.6. The van der Waals surface area contributed by atoms with Crippen LogP contribution in [0.4, 0.5) is 5.82 Å². The molecule has 0 saturated carbocycles. The molecule has 1 aromatic heterocycles. The Kier molecular flexibility index (Phi) is 4.47. The Morgan fingerprint density at radius 2 is 2.42 bits per heavy atom. The van der Waals surface area contributed by atoms with E-state index in [1.54, 1.807) is 18.7 Å². The first-order chi connectivity index (χ1) is 9.11. The molecule has 6 nitrogen and oxygen atoms in total. The monoisotopic (exact) mass is 283 g/mol. The van der Waals surface area contributed by atoms with Gasteiger partial charge in [0.25, 0.3) is 5.56 Å². The molecule has 1 aliphatic heterocycles. The minimum atomic E-state index is -0.468. The van der Waals surface area contributed by atoms with Gasteiger partial charge in [0.2, 0.25) is 0 Å². The molecule has 0 spiro atoms. The number of carbonyl (C=O) groups is 1. The van der Waals surface area contributed by atoms with Crippen molar-refractivity contribution >= 4 is 23.5 Å². The summed E-state index contributed by atoms with van der Waals surface area (Å²) < 4.78 is 4.81. The number of hydrogen-bond acceptors (Lipinski definition) is 6. The average Bonchev–Trinajstić information content (AvgIpc) is 2.87. The summed E-state index contributed by atoms with van der Waals surface area (Å²) in [7, 11) is 0. The third-order valence-corrected chi connectivity index (χ3v) is 4.31. The predicted molar refractivity (Wildman–Crippen MR) is 74.0 cm³/mol. The molecule has 7 heteroatoms. The first kappa shape index (κ1) is 13.9. The van der Waals surface area contributed by atoms with Crippen LogP contribution in [0, 0.1) is 0 Å². The third kappa shape index (κ3) is 3.28. The van der Waals surface area contributed by atoms with Crippen molar-refractivity contribution in [1.82, 2.24) is 9.97 Å². The molecule has 0 aromatic carbocycles. The minimum Gasteiger partial charge on any atom is -0.466 e. The molecule has 1 aliphatic rings. The predicted octanol–water partition coefficient (Wildman–Crippen LogP) is 1.03. The summed E-state index contributed by atoms with van der Waals surface area (Å²) in [4.78, 5) is 30.3. The van der Waals surface area contributed by atoms with Gasteiger partial charge in [0.15, 0.2) is 0 Å². The normalized spacial score (nSPS) is 18.5. The van der Waals surface area contributed by atoms with Crippen LogP contribution in [-0.2, 0) is 16.0 Å². The fourth-order valence-electron chi connectivity index (χ4n) is 2.01. The highest BCUT2D eigenvalue weighted by Gasteiger charge is 2.22. The standard InChI is InChI=1S/C12H17N3O3S/c1-2-18-9(16)6-7-10(13)14-11(15-12(7)17)8-4-3-5-19-8/h8H,2-6H2,1H3,(H3,13,14,15,17). The zero-order chi connectivity index (χ0) is 13.8. The van der Waals surface area contributed by atoms with Crippen LogP contribution >= 0.6 is 11.8 Å². The third-order valence-electron chi connectivity index (χ3n) is 2.93. The van der Waals surface area contributed by atoms with E-state index in [9.17, 15) is 9.59 Å². The minimum absolute atomic E-state index is 0.124. The second-order valence-electron chi connectivity index (χ2n) is 4.30. The largest absolute Gasteiger partial charge is 0.466 e. The van der Waals surface area contributed by atoms with Crippen molar-refractivity contribution in [1.29, 1.82) is 0 Å². The van der Waals surface area contributed by atoms with Gasteiger partial charge >= 0.3 is 5.97 Å². The number of aromatic nitrogens is 2. The fraction of sp³-hybridized carbons (Fsp3) is 0.583. The number of aromatic amines is 1. The van der Waals surface area contributed by atoms with Gasteiger partial charge in [-0.3, -0.25) is 9.59 Å². The van der Waals surface area contributed by atoms with Crippen LogP contribution in [0.1, 0.15) is 36.4 Å². The molecule has 0 bridgehead atoms. The number of rotatable bonds is 4. The van der Waals surface area contributed by atoms with E-state index in [1.165, 1.54) is 0 Å². The highest BCUT2D eigenvalue weighted by Crippen LogP contribution is 2.37. The summed E-state index contributed by atoms with van der Waals surface area (Å²) >= 11 is 1.76. The molecule has 2 rings (SSSR count). The highest BCUT2D eigenvalue weighted by molar-refractivity contribution is 7.99. The molecule has 0 aliphatic carbocycles. The maximum absolute atomic E-state index is 12.0. The molecule has 1 unspecified atom stereocenters. The van der Waals surface area contributed by atoms with Gasteiger partial charge in [-0.05, 0) is 25.5 Å². The number of anilines is 1. The van der Waals surface area contributed by atoms with Crippen LogP contribution in [-0.4, -0.2) is 28.3 Å². The maximum Gasteiger partial charge on any atom is 0.310 e. The fourth-order valence-corrected chi connectivity index (χ4v) is 3.23. The van der Waals surface area contributed by atoms with Crippen molar-refractivity contribution in [2.24, 2.45) is 0 Å². The van der Waals surface area contributed by atoms with Crippen molar-refractivity contribution in [3.63, 3.8) is 0 Å². The van der Waals surface area contributed by atoms with E-state index in [0.29, 0.717) is 5.82 Å². The molecule has 3 N–H and O–H groups in total. The molecular formula is C12H17N3O3S. The van der Waals surface area contributed by atoms with Gasteiger partial charge in [-0.25, -0.2) is 4.98 Å². The first-order valence-electron chi connectivity index (χ1n) is 6.27. The molecule has 19 heavy (non-hydrogen) atoms.